The van der Waals surface area contributed by atoms with Gasteiger partial charge in [-0.05, 0) is 41.9 Å². The Morgan fingerprint density at radius 3 is 2.67 bits per heavy atom. The van der Waals surface area contributed by atoms with Crippen LogP contribution in [0.3, 0.4) is 0 Å². The highest BCUT2D eigenvalue weighted by molar-refractivity contribution is 5.29. The zero-order chi connectivity index (χ0) is 14.4. The van der Waals surface area contributed by atoms with Crippen LogP contribution in [0.25, 0.3) is 0 Å². The van der Waals surface area contributed by atoms with Crippen molar-refractivity contribution in [3.05, 3.63) is 41.5 Å². The Morgan fingerprint density at radius 1 is 1.24 bits per heavy atom. The maximum atomic E-state index is 5.21. The number of methoxy groups -OCH3 is 1. The van der Waals surface area contributed by atoms with Crippen molar-refractivity contribution in [1.82, 2.24) is 14.8 Å². The number of hydrogen-bond donors (Lipinski definition) is 0. The quantitative estimate of drug-likeness (QED) is 0.866. The summed E-state index contributed by atoms with van der Waals surface area (Å²) in [6, 6.07) is 8.22. The molecule has 1 saturated carbocycles. The summed E-state index contributed by atoms with van der Waals surface area (Å²) in [5, 5.41) is 8.82. The molecule has 2 heterocycles. The van der Waals surface area contributed by atoms with Gasteiger partial charge >= 0.3 is 0 Å². The second-order valence-corrected chi connectivity index (χ2v) is 6.75. The average molecular weight is 283 g/mol. The molecule has 2 aromatic rings. The second kappa shape index (κ2) is 4.58. The first-order valence-corrected chi connectivity index (χ1v) is 7.72. The predicted octanol–water partition coefficient (Wildman–Crippen LogP) is 2.85. The molecule has 4 nitrogen and oxygen atoms in total. The Hall–Kier alpha value is -1.84. The van der Waals surface area contributed by atoms with Gasteiger partial charge in [0.05, 0.1) is 7.11 Å². The Kier molecular flexibility index (Phi) is 2.81. The van der Waals surface area contributed by atoms with E-state index in [1.165, 1.54) is 24.2 Å². The Bertz CT molecular complexity index is 657. The van der Waals surface area contributed by atoms with Crippen LogP contribution in [0.4, 0.5) is 0 Å². The van der Waals surface area contributed by atoms with E-state index in [1.54, 1.807) is 7.11 Å². The maximum absolute atomic E-state index is 5.21. The molecule has 0 N–H and O–H groups in total. The zero-order valence-corrected chi connectivity index (χ0v) is 12.7. The Balaban J connectivity index is 1.55. The smallest absolute Gasteiger partial charge is 0.137 e. The van der Waals surface area contributed by atoms with Gasteiger partial charge in [-0.15, -0.1) is 10.2 Å². The number of hydrogen-bond acceptors (Lipinski definition) is 3. The van der Waals surface area contributed by atoms with E-state index in [0.717, 1.165) is 36.9 Å². The molecule has 4 rings (SSSR count). The molecule has 1 aromatic carbocycles. The highest BCUT2D eigenvalue weighted by Crippen LogP contribution is 2.50. The first-order valence-electron chi connectivity index (χ1n) is 7.72. The molecule has 4 heteroatoms. The molecule has 0 bridgehead atoms. The summed E-state index contributed by atoms with van der Waals surface area (Å²) in [5.41, 5.74) is 1.67. The summed E-state index contributed by atoms with van der Waals surface area (Å²) in [6.45, 7) is 3.50. The molecule has 1 aliphatic heterocycles. The van der Waals surface area contributed by atoms with Gasteiger partial charge < -0.3 is 9.30 Å². The first kappa shape index (κ1) is 12.9. The van der Waals surface area contributed by atoms with E-state index in [1.807, 2.05) is 12.1 Å². The molecule has 1 fully saturated rings. The van der Waals surface area contributed by atoms with Gasteiger partial charge in [0.25, 0.3) is 0 Å². The second-order valence-electron chi connectivity index (χ2n) is 6.75. The predicted molar refractivity (Wildman–Crippen MR) is 80.4 cm³/mol. The van der Waals surface area contributed by atoms with Gasteiger partial charge in [-0.1, -0.05) is 19.1 Å². The molecule has 1 atom stereocenters. The van der Waals surface area contributed by atoms with Gasteiger partial charge in [0.2, 0.25) is 0 Å². The van der Waals surface area contributed by atoms with Gasteiger partial charge in [0, 0.05) is 19.4 Å². The van der Waals surface area contributed by atoms with Crippen LogP contribution in [0.2, 0.25) is 0 Å². The van der Waals surface area contributed by atoms with Crippen molar-refractivity contribution in [1.29, 1.82) is 0 Å². The molecule has 110 valence electrons. The molecule has 1 unspecified atom stereocenters. The molecule has 0 radical (unpaired) electrons. The van der Waals surface area contributed by atoms with Crippen molar-refractivity contribution >= 4 is 0 Å². The Labute approximate surface area is 125 Å². The van der Waals surface area contributed by atoms with Crippen molar-refractivity contribution in [2.75, 3.05) is 7.11 Å². The number of benzene rings is 1. The monoisotopic (exact) mass is 283 g/mol. The number of aromatic nitrogens is 3. The van der Waals surface area contributed by atoms with Crippen molar-refractivity contribution in [2.24, 2.45) is 11.3 Å². The van der Waals surface area contributed by atoms with Crippen LogP contribution in [0.1, 0.15) is 37.0 Å². The highest BCUT2D eigenvalue weighted by Gasteiger charge is 2.46. The van der Waals surface area contributed by atoms with Crippen LogP contribution in [-0.4, -0.2) is 21.9 Å². The van der Waals surface area contributed by atoms with Crippen LogP contribution in [0.15, 0.2) is 24.3 Å². The minimum absolute atomic E-state index is 0.417. The first-order chi connectivity index (χ1) is 10.2. The molecular formula is C17H21N3O. The van der Waals surface area contributed by atoms with Crippen LogP contribution in [0.5, 0.6) is 5.75 Å². The molecule has 21 heavy (non-hydrogen) atoms. The SMILES string of the molecule is COc1ccc(Cc2nnc3n2CC(C)(C2CC2)C3)cc1. The van der Waals surface area contributed by atoms with Crippen molar-refractivity contribution < 1.29 is 4.74 Å². The number of rotatable bonds is 4. The number of ether oxygens (including phenoxy) is 1. The lowest BCUT2D eigenvalue weighted by atomic mass is 9.83. The third-order valence-corrected chi connectivity index (χ3v) is 5.07. The summed E-state index contributed by atoms with van der Waals surface area (Å²) < 4.78 is 7.56. The summed E-state index contributed by atoms with van der Waals surface area (Å²) >= 11 is 0. The summed E-state index contributed by atoms with van der Waals surface area (Å²) in [6.07, 6.45) is 4.72. The lowest BCUT2D eigenvalue weighted by Gasteiger charge is -2.22. The fourth-order valence-corrected chi connectivity index (χ4v) is 3.57. The normalized spacial score (nSPS) is 24.1. The van der Waals surface area contributed by atoms with Gasteiger partial charge in [-0.25, -0.2) is 0 Å². The lowest BCUT2D eigenvalue weighted by molar-refractivity contribution is 0.263. The highest BCUT2D eigenvalue weighted by atomic mass is 16.5. The van der Waals surface area contributed by atoms with Crippen molar-refractivity contribution in [2.45, 2.75) is 39.2 Å². The largest absolute Gasteiger partial charge is 0.497 e. The van der Waals surface area contributed by atoms with E-state index in [0.29, 0.717) is 5.41 Å². The number of fused-ring (bicyclic) bond motifs is 1. The topological polar surface area (TPSA) is 39.9 Å². The molecule has 1 aliphatic carbocycles. The van der Waals surface area contributed by atoms with Gasteiger partial charge in [0.15, 0.2) is 0 Å². The third-order valence-electron chi connectivity index (χ3n) is 5.07. The minimum atomic E-state index is 0.417. The third kappa shape index (κ3) is 2.23. The standard InChI is InChI=1S/C17H21N3O/c1-17(13-5-6-13)10-16-19-18-15(20(16)11-17)9-12-3-7-14(21-2)8-4-12/h3-4,7-8,13H,5-6,9-11H2,1-2H3. The summed E-state index contributed by atoms with van der Waals surface area (Å²) in [5.74, 6) is 4.06. The van der Waals surface area contributed by atoms with E-state index in [9.17, 15) is 0 Å². The average Bonchev–Trinajstić information content (AvgIpc) is 3.22. The Morgan fingerprint density at radius 2 is 2.00 bits per heavy atom. The van der Waals surface area contributed by atoms with E-state index < -0.39 is 0 Å². The van der Waals surface area contributed by atoms with Crippen molar-refractivity contribution in [3.63, 3.8) is 0 Å². The molecule has 2 aliphatic rings. The lowest BCUT2D eigenvalue weighted by Crippen LogP contribution is -2.21. The fourth-order valence-electron chi connectivity index (χ4n) is 3.57. The molecular weight excluding hydrogens is 262 g/mol. The summed E-state index contributed by atoms with van der Waals surface area (Å²) in [4.78, 5) is 0. The van der Waals surface area contributed by atoms with Crippen molar-refractivity contribution in [3.8, 4) is 5.75 Å². The van der Waals surface area contributed by atoms with Crippen LogP contribution in [0, 0.1) is 11.3 Å². The number of nitrogens with zero attached hydrogens (tertiary/aromatic N) is 3. The maximum Gasteiger partial charge on any atom is 0.137 e. The fraction of sp³-hybridized carbons (Fsp3) is 0.529. The molecule has 0 saturated heterocycles. The molecule has 1 aromatic heterocycles. The zero-order valence-electron chi connectivity index (χ0n) is 12.7. The van der Waals surface area contributed by atoms with E-state index >= 15 is 0 Å². The van der Waals surface area contributed by atoms with Gasteiger partial charge in [-0.3, -0.25) is 0 Å². The molecule has 0 amide bonds. The van der Waals surface area contributed by atoms with E-state index in [-0.39, 0.29) is 0 Å². The van der Waals surface area contributed by atoms with Crippen LogP contribution >= 0.6 is 0 Å². The van der Waals surface area contributed by atoms with Crippen LogP contribution < -0.4 is 4.74 Å². The van der Waals surface area contributed by atoms with E-state index in [4.69, 9.17) is 4.74 Å². The minimum Gasteiger partial charge on any atom is -0.497 e. The van der Waals surface area contributed by atoms with E-state index in [2.05, 4.69) is 33.8 Å². The van der Waals surface area contributed by atoms with Crippen LogP contribution in [-0.2, 0) is 19.4 Å². The summed E-state index contributed by atoms with van der Waals surface area (Å²) in [7, 11) is 1.69. The molecule has 0 spiro atoms. The van der Waals surface area contributed by atoms with Gasteiger partial charge in [0.1, 0.15) is 17.4 Å². The van der Waals surface area contributed by atoms with Gasteiger partial charge in [-0.2, -0.15) is 0 Å².